The summed E-state index contributed by atoms with van der Waals surface area (Å²) in [5.74, 6) is -0.414. The van der Waals surface area contributed by atoms with E-state index in [9.17, 15) is 14.4 Å². The molecule has 0 fully saturated rings. The average molecular weight is 520 g/mol. The van der Waals surface area contributed by atoms with Crippen LogP contribution in [-0.2, 0) is 19.1 Å². The van der Waals surface area contributed by atoms with E-state index in [1.807, 2.05) is 32.0 Å². The highest BCUT2D eigenvalue weighted by Gasteiger charge is 2.41. The summed E-state index contributed by atoms with van der Waals surface area (Å²) in [5, 5.41) is 3.35. The molecule has 2 unspecified atom stereocenters. The zero-order valence-electron chi connectivity index (χ0n) is 22.4. The smallest absolute Gasteiger partial charge is 0.337 e. The van der Waals surface area contributed by atoms with Gasteiger partial charge in [0, 0.05) is 29.3 Å². The van der Waals surface area contributed by atoms with Crippen molar-refractivity contribution in [2.75, 3.05) is 27.9 Å². The Bertz CT molecular complexity index is 1310. The Morgan fingerprint density at radius 3 is 2.24 bits per heavy atom. The van der Waals surface area contributed by atoms with Crippen molar-refractivity contribution in [2.45, 2.75) is 44.9 Å². The Kier molecular flexibility index (Phi) is 8.20. The van der Waals surface area contributed by atoms with Gasteiger partial charge in [-0.2, -0.15) is 0 Å². The van der Waals surface area contributed by atoms with Crippen LogP contribution in [0.3, 0.4) is 0 Å². The van der Waals surface area contributed by atoms with Crippen molar-refractivity contribution >= 4 is 17.7 Å². The molecule has 0 saturated heterocycles. The van der Waals surface area contributed by atoms with E-state index in [1.165, 1.54) is 7.11 Å². The van der Waals surface area contributed by atoms with Crippen LogP contribution in [0.25, 0.3) is 0 Å². The maximum Gasteiger partial charge on any atom is 0.337 e. The van der Waals surface area contributed by atoms with E-state index in [4.69, 9.17) is 18.9 Å². The zero-order valence-corrected chi connectivity index (χ0v) is 22.4. The van der Waals surface area contributed by atoms with E-state index in [1.54, 1.807) is 38.5 Å². The van der Waals surface area contributed by atoms with E-state index < -0.39 is 17.9 Å². The molecule has 1 aliphatic carbocycles. The van der Waals surface area contributed by atoms with Crippen LogP contribution in [-0.4, -0.2) is 45.7 Å². The molecule has 0 saturated carbocycles. The van der Waals surface area contributed by atoms with Crippen molar-refractivity contribution in [3.8, 4) is 11.5 Å². The third-order valence-electron chi connectivity index (χ3n) is 7.03. The normalized spacial score (nSPS) is 18.9. The molecule has 1 aliphatic heterocycles. The Balaban J connectivity index is 1.76. The fourth-order valence-electron chi connectivity index (χ4n) is 5.19. The van der Waals surface area contributed by atoms with E-state index in [0.717, 1.165) is 16.8 Å². The number of carbonyl (C=O) groups excluding carboxylic acids is 3. The Morgan fingerprint density at radius 2 is 1.61 bits per heavy atom. The van der Waals surface area contributed by atoms with Crippen LogP contribution in [0.2, 0.25) is 0 Å². The number of rotatable bonds is 8. The number of methoxy groups -OCH3 is 3. The molecule has 38 heavy (non-hydrogen) atoms. The summed E-state index contributed by atoms with van der Waals surface area (Å²) in [7, 11) is 4.49. The summed E-state index contributed by atoms with van der Waals surface area (Å²) in [6.45, 7) is 4.04. The highest BCUT2D eigenvalue weighted by molar-refractivity contribution is 6.04. The molecular formula is C30H33NO7. The van der Waals surface area contributed by atoms with Crippen molar-refractivity contribution in [1.82, 2.24) is 5.32 Å². The number of allylic oxidation sites excluding steroid dienone is 3. The van der Waals surface area contributed by atoms with Crippen LogP contribution in [0.15, 0.2) is 65.0 Å². The van der Waals surface area contributed by atoms with Crippen LogP contribution in [0.5, 0.6) is 11.5 Å². The number of hydrogen-bond acceptors (Lipinski definition) is 8. The summed E-state index contributed by atoms with van der Waals surface area (Å²) in [4.78, 5) is 39.0. The van der Waals surface area contributed by atoms with Gasteiger partial charge in [-0.1, -0.05) is 25.1 Å². The summed E-state index contributed by atoms with van der Waals surface area (Å²) in [6, 6.07) is 12.5. The maximum atomic E-state index is 13.8. The molecule has 2 aromatic rings. The van der Waals surface area contributed by atoms with Crippen molar-refractivity contribution < 1.29 is 33.3 Å². The van der Waals surface area contributed by atoms with E-state index in [2.05, 4.69) is 5.32 Å². The van der Waals surface area contributed by atoms with Crippen LogP contribution in [0.1, 0.15) is 66.4 Å². The Hall–Kier alpha value is -4.07. The lowest BCUT2D eigenvalue weighted by atomic mass is 9.71. The summed E-state index contributed by atoms with van der Waals surface area (Å²) in [6.07, 6.45) is 1.55. The highest BCUT2D eigenvalue weighted by atomic mass is 16.5. The van der Waals surface area contributed by atoms with Gasteiger partial charge in [-0.05, 0) is 61.1 Å². The van der Waals surface area contributed by atoms with Gasteiger partial charge in [0.25, 0.3) is 0 Å². The minimum absolute atomic E-state index is 0.0473. The lowest BCUT2D eigenvalue weighted by molar-refractivity contribution is -0.139. The fourth-order valence-corrected chi connectivity index (χ4v) is 5.19. The second-order valence-electron chi connectivity index (χ2n) is 9.38. The number of hydrogen-bond donors (Lipinski definition) is 1. The standard InChI is InChI=1S/C30H33NO7/c1-6-13-38-30(34)26-17(2)31-22-14-21(20-11-12-24(35-3)25(16-20)36-4)15-23(32)28(22)27(26)18-7-9-19(10-8-18)29(33)37-5/h7-12,16,21,27,31H,6,13-15H2,1-5H3. The molecule has 8 heteroatoms. The minimum atomic E-state index is -0.610. The monoisotopic (exact) mass is 519 g/mol. The summed E-state index contributed by atoms with van der Waals surface area (Å²) < 4.78 is 21.2. The van der Waals surface area contributed by atoms with E-state index >= 15 is 0 Å². The molecule has 0 spiro atoms. The second kappa shape index (κ2) is 11.5. The molecule has 0 bridgehead atoms. The van der Waals surface area contributed by atoms with E-state index in [0.29, 0.717) is 46.7 Å². The van der Waals surface area contributed by atoms with Gasteiger partial charge in [0.15, 0.2) is 17.3 Å². The molecule has 0 amide bonds. The van der Waals surface area contributed by atoms with Gasteiger partial charge in [0.2, 0.25) is 0 Å². The number of Topliss-reactive ketones (excluding diaryl/α,β-unsaturated/α-hetero) is 1. The predicted molar refractivity (Wildman–Crippen MR) is 141 cm³/mol. The van der Waals surface area contributed by atoms with Crippen LogP contribution in [0, 0.1) is 0 Å². The van der Waals surface area contributed by atoms with Crippen LogP contribution >= 0.6 is 0 Å². The first-order valence-corrected chi connectivity index (χ1v) is 12.6. The molecule has 0 aromatic heterocycles. The third-order valence-corrected chi connectivity index (χ3v) is 7.03. The molecule has 2 aromatic carbocycles. The lowest BCUT2D eigenvalue weighted by Crippen LogP contribution is -2.36. The first-order valence-electron chi connectivity index (χ1n) is 12.6. The number of benzene rings is 2. The molecule has 1 N–H and O–H groups in total. The predicted octanol–water partition coefficient (Wildman–Crippen LogP) is 4.81. The lowest BCUT2D eigenvalue weighted by Gasteiger charge is -2.36. The van der Waals surface area contributed by atoms with Crippen LogP contribution in [0.4, 0.5) is 0 Å². The number of ether oxygens (including phenoxy) is 4. The van der Waals surface area contributed by atoms with Gasteiger partial charge in [-0.3, -0.25) is 4.79 Å². The highest BCUT2D eigenvalue weighted by Crippen LogP contribution is 2.46. The first kappa shape index (κ1) is 27.0. The average Bonchev–Trinajstić information content (AvgIpc) is 2.94. The fraction of sp³-hybridized carbons (Fsp3) is 0.367. The summed E-state index contributed by atoms with van der Waals surface area (Å²) >= 11 is 0. The molecular weight excluding hydrogens is 486 g/mol. The largest absolute Gasteiger partial charge is 0.493 e. The van der Waals surface area contributed by atoms with Gasteiger partial charge >= 0.3 is 11.9 Å². The van der Waals surface area contributed by atoms with Gasteiger partial charge in [0.1, 0.15) is 0 Å². The van der Waals surface area contributed by atoms with Crippen molar-refractivity contribution in [1.29, 1.82) is 0 Å². The quantitative estimate of drug-likeness (QED) is 0.496. The van der Waals surface area contributed by atoms with Gasteiger partial charge in [-0.15, -0.1) is 0 Å². The minimum Gasteiger partial charge on any atom is -0.493 e. The Labute approximate surface area is 222 Å². The maximum absolute atomic E-state index is 13.8. The van der Waals surface area contributed by atoms with Gasteiger partial charge in [-0.25, -0.2) is 9.59 Å². The molecule has 200 valence electrons. The van der Waals surface area contributed by atoms with Gasteiger partial charge in [0.05, 0.1) is 39.1 Å². The molecule has 2 aliphatic rings. The number of ketones is 1. The Morgan fingerprint density at radius 1 is 0.921 bits per heavy atom. The first-order chi connectivity index (χ1) is 18.3. The van der Waals surface area contributed by atoms with Gasteiger partial charge < -0.3 is 24.3 Å². The SMILES string of the molecule is CCCOC(=O)C1=C(C)NC2=C(C(=O)CC(c3ccc(OC)c(OC)c3)C2)C1c1ccc(C(=O)OC)cc1. The molecule has 8 nitrogen and oxygen atoms in total. The number of esters is 2. The zero-order chi connectivity index (χ0) is 27.4. The summed E-state index contributed by atoms with van der Waals surface area (Å²) in [5.41, 5.74) is 4.48. The topological polar surface area (TPSA) is 100 Å². The third kappa shape index (κ3) is 5.16. The molecule has 0 radical (unpaired) electrons. The van der Waals surface area contributed by atoms with Crippen molar-refractivity contribution in [3.63, 3.8) is 0 Å². The van der Waals surface area contributed by atoms with Crippen molar-refractivity contribution in [3.05, 3.63) is 81.7 Å². The van der Waals surface area contributed by atoms with Crippen LogP contribution < -0.4 is 14.8 Å². The molecule has 4 rings (SSSR count). The second-order valence-corrected chi connectivity index (χ2v) is 9.38. The number of nitrogens with one attached hydrogen (secondary N) is 1. The number of carbonyl (C=O) groups is 3. The molecule has 1 heterocycles. The van der Waals surface area contributed by atoms with Crippen molar-refractivity contribution in [2.24, 2.45) is 0 Å². The van der Waals surface area contributed by atoms with E-state index in [-0.39, 0.29) is 24.7 Å². The number of dihydropyridines is 1. The molecule has 2 atom stereocenters.